The molecule has 8 heteroatoms. The lowest BCUT2D eigenvalue weighted by Crippen LogP contribution is -2.50. The second kappa shape index (κ2) is 9.14. The summed E-state index contributed by atoms with van der Waals surface area (Å²) in [5, 5.41) is 7.26. The van der Waals surface area contributed by atoms with Crippen LogP contribution in [0.25, 0.3) is 0 Å². The smallest absolute Gasteiger partial charge is 0.315 e. The fraction of sp³-hybridized carbons (Fsp3) is 0.500. The molecule has 3 N–H and O–H groups in total. The molecule has 134 valence electrons. The van der Waals surface area contributed by atoms with E-state index in [1.165, 1.54) is 13.0 Å². The van der Waals surface area contributed by atoms with E-state index in [9.17, 15) is 22.8 Å². The molecule has 0 aliphatic rings. The van der Waals surface area contributed by atoms with Crippen LogP contribution in [0.5, 0.6) is 0 Å². The molecule has 0 fully saturated rings. The Labute approximate surface area is 139 Å². The highest BCUT2D eigenvalue weighted by molar-refractivity contribution is 5.86. The zero-order chi connectivity index (χ0) is 18.3. The van der Waals surface area contributed by atoms with Crippen LogP contribution in [0, 0.1) is 17.6 Å². The van der Waals surface area contributed by atoms with Crippen LogP contribution in [-0.4, -0.2) is 31.2 Å². The Bertz CT molecular complexity index is 582. The third kappa shape index (κ3) is 5.75. The minimum absolute atomic E-state index is 0.137. The van der Waals surface area contributed by atoms with E-state index in [4.69, 9.17) is 0 Å². The van der Waals surface area contributed by atoms with Gasteiger partial charge in [-0.3, -0.25) is 4.79 Å². The van der Waals surface area contributed by atoms with E-state index in [1.54, 1.807) is 13.8 Å². The number of carbonyl (C=O) groups is 2. The van der Waals surface area contributed by atoms with Gasteiger partial charge in [0, 0.05) is 18.2 Å². The van der Waals surface area contributed by atoms with Crippen molar-refractivity contribution in [1.82, 2.24) is 16.0 Å². The van der Waals surface area contributed by atoms with Gasteiger partial charge in [0.25, 0.3) is 0 Å². The molecular weight excluding hydrogens is 323 g/mol. The molecular formula is C16H22F3N3O2. The fourth-order valence-electron chi connectivity index (χ4n) is 2.13. The Hall–Kier alpha value is -2.25. The summed E-state index contributed by atoms with van der Waals surface area (Å²) in [4.78, 5) is 23.6. The second-order valence-electron chi connectivity index (χ2n) is 5.71. The fourth-order valence-corrected chi connectivity index (χ4v) is 2.13. The summed E-state index contributed by atoms with van der Waals surface area (Å²) in [6.07, 6.45) is 0. The third-order valence-corrected chi connectivity index (χ3v) is 3.39. The highest BCUT2D eigenvalue weighted by Crippen LogP contribution is 2.24. The Kier molecular flexibility index (Phi) is 7.54. The number of alkyl halides is 1. The second-order valence-corrected chi connectivity index (χ2v) is 5.71. The molecule has 3 amide bonds. The largest absolute Gasteiger partial charge is 0.352 e. The van der Waals surface area contributed by atoms with Gasteiger partial charge < -0.3 is 16.0 Å². The maximum Gasteiger partial charge on any atom is 0.315 e. The van der Waals surface area contributed by atoms with Crippen molar-refractivity contribution in [2.24, 2.45) is 5.92 Å². The van der Waals surface area contributed by atoms with Gasteiger partial charge in [-0.15, -0.1) is 0 Å². The van der Waals surface area contributed by atoms with Crippen LogP contribution >= 0.6 is 0 Å². The van der Waals surface area contributed by atoms with Crippen LogP contribution in [-0.2, 0) is 4.79 Å². The Morgan fingerprint density at radius 1 is 1.12 bits per heavy atom. The van der Waals surface area contributed by atoms with Crippen molar-refractivity contribution in [1.29, 1.82) is 0 Å². The van der Waals surface area contributed by atoms with E-state index in [-0.39, 0.29) is 18.0 Å². The standard InChI is InChI=1S/C16H22F3N3O2/c1-9(2)14(12-5-4-11(18)8-13(12)19)22-16(24)21-10(3)15(23)20-7-6-17/h4-5,8-10,14H,6-7H2,1-3H3,(H,20,23)(H2,21,22,24). The Balaban J connectivity index is 2.75. The van der Waals surface area contributed by atoms with Crippen LogP contribution < -0.4 is 16.0 Å². The highest BCUT2D eigenvalue weighted by Gasteiger charge is 2.23. The number of hydrogen-bond acceptors (Lipinski definition) is 2. The molecule has 1 aromatic carbocycles. The third-order valence-electron chi connectivity index (χ3n) is 3.39. The van der Waals surface area contributed by atoms with Gasteiger partial charge in [-0.25, -0.2) is 18.0 Å². The number of benzene rings is 1. The van der Waals surface area contributed by atoms with Crippen molar-refractivity contribution in [2.45, 2.75) is 32.9 Å². The average molecular weight is 345 g/mol. The number of nitrogens with one attached hydrogen (secondary N) is 3. The first-order valence-corrected chi connectivity index (χ1v) is 7.62. The molecule has 0 radical (unpaired) electrons. The lowest BCUT2D eigenvalue weighted by molar-refractivity contribution is -0.122. The summed E-state index contributed by atoms with van der Waals surface area (Å²) in [6.45, 7) is 4.14. The van der Waals surface area contributed by atoms with Crippen molar-refractivity contribution in [3.05, 3.63) is 35.4 Å². The first-order chi connectivity index (χ1) is 11.3. The van der Waals surface area contributed by atoms with E-state index in [0.29, 0.717) is 0 Å². The number of carbonyl (C=O) groups excluding carboxylic acids is 2. The number of halogens is 3. The zero-order valence-corrected chi connectivity index (χ0v) is 13.8. The minimum atomic E-state index is -0.887. The van der Waals surface area contributed by atoms with Gasteiger partial charge >= 0.3 is 6.03 Å². The molecule has 0 aliphatic heterocycles. The maximum absolute atomic E-state index is 13.9. The highest BCUT2D eigenvalue weighted by atomic mass is 19.1. The van der Waals surface area contributed by atoms with Gasteiger partial charge in [0.2, 0.25) is 5.91 Å². The first-order valence-electron chi connectivity index (χ1n) is 7.62. The number of amides is 3. The van der Waals surface area contributed by atoms with Gasteiger partial charge in [-0.2, -0.15) is 0 Å². The van der Waals surface area contributed by atoms with Crippen molar-refractivity contribution < 1.29 is 22.8 Å². The van der Waals surface area contributed by atoms with Gasteiger partial charge in [0.1, 0.15) is 24.4 Å². The summed E-state index contributed by atoms with van der Waals surface area (Å²) in [5.41, 5.74) is 0.149. The lowest BCUT2D eigenvalue weighted by Gasteiger charge is -2.24. The molecule has 0 saturated heterocycles. The number of rotatable bonds is 7. The number of urea groups is 1. The van der Waals surface area contributed by atoms with Crippen molar-refractivity contribution >= 4 is 11.9 Å². The van der Waals surface area contributed by atoms with Crippen molar-refractivity contribution in [3.8, 4) is 0 Å². The molecule has 2 atom stereocenters. The number of hydrogen-bond donors (Lipinski definition) is 3. The molecule has 0 aliphatic carbocycles. The molecule has 0 bridgehead atoms. The molecule has 0 heterocycles. The molecule has 5 nitrogen and oxygen atoms in total. The van der Waals surface area contributed by atoms with E-state index < -0.39 is 42.3 Å². The lowest BCUT2D eigenvalue weighted by atomic mass is 9.95. The van der Waals surface area contributed by atoms with Crippen molar-refractivity contribution in [3.63, 3.8) is 0 Å². The van der Waals surface area contributed by atoms with E-state index >= 15 is 0 Å². The van der Waals surface area contributed by atoms with Gasteiger partial charge in [-0.05, 0) is 18.9 Å². The van der Waals surface area contributed by atoms with Gasteiger partial charge in [0.15, 0.2) is 0 Å². The summed E-state index contributed by atoms with van der Waals surface area (Å²) in [6, 6.07) is 0.861. The molecule has 0 aromatic heterocycles. The average Bonchev–Trinajstić information content (AvgIpc) is 2.50. The first kappa shape index (κ1) is 19.8. The topological polar surface area (TPSA) is 70.2 Å². The summed E-state index contributed by atoms with van der Waals surface area (Å²) < 4.78 is 39.0. The molecule has 0 spiro atoms. The molecule has 1 rings (SSSR count). The normalized spacial score (nSPS) is 13.3. The quantitative estimate of drug-likeness (QED) is 0.710. The Morgan fingerprint density at radius 3 is 2.33 bits per heavy atom. The summed E-state index contributed by atoms with van der Waals surface area (Å²) in [7, 11) is 0. The summed E-state index contributed by atoms with van der Waals surface area (Å²) in [5.74, 6) is -2.17. The Morgan fingerprint density at radius 2 is 1.79 bits per heavy atom. The molecule has 24 heavy (non-hydrogen) atoms. The van der Waals surface area contributed by atoms with Crippen LogP contribution in [0.4, 0.5) is 18.0 Å². The predicted molar refractivity (Wildman–Crippen MR) is 84.1 cm³/mol. The van der Waals surface area contributed by atoms with Crippen molar-refractivity contribution in [2.75, 3.05) is 13.2 Å². The van der Waals surface area contributed by atoms with Crippen LogP contribution in [0.3, 0.4) is 0 Å². The predicted octanol–water partition coefficient (Wildman–Crippen LogP) is 2.44. The monoisotopic (exact) mass is 345 g/mol. The molecule has 0 saturated carbocycles. The SMILES string of the molecule is CC(NC(=O)NC(c1ccc(F)cc1F)C(C)C)C(=O)NCCF. The molecule has 1 aromatic rings. The van der Waals surface area contributed by atoms with Crippen LogP contribution in [0.15, 0.2) is 18.2 Å². The molecule has 2 unspecified atom stereocenters. The zero-order valence-electron chi connectivity index (χ0n) is 13.8. The van der Waals surface area contributed by atoms with E-state index in [0.717, 1.165) is 12.1 Å². The minimum Gasteiger partial charge on any atom is -0.352 e. The summed E-state index contributed by atoms with van der Waals surface area (Å²) >= 11 is 0. The van der Waals surface area contributed by atoms with Gasteiger partial charge in [-0.1, -0.05) is 19.9 Å². The van der Waals surface area contributed by atoms with Gasteiger partial charge in [0.05, 0.1) is 6.04 Å². The van der Waals surface area contributed by atoms with Crippen LogP contribution in [0.1, 0.15) is 32.4 Å². The maximum atomic E-state index is 13.9. The van der Waals surface area contributed by atoms with E-state index in [2.05, 4.69) is 16.0 Å². The van der Waals surface area contributed by atoms with E-state index in [1.807, 2.05) is 0 Å². The van der Waals surface area contributed by atoms with Crippen LogP contribution in [0.2, 0.25) is 0 Å².